The second-order valence-electron chi connectivity index (χ2n) is 6.75. The molecule has 9 heteroatoms. The Kier molecular flexibility index (Phi) is 7.08. The zero-order chi connectivity index (χ0) is 22.3. The second kappa shape index (κ2) is 10.3. The molecule has 1 aromatic carbocycles. The Morgan fingerprint density at radius 1 is 1.16 bits per heavy atom. The van der Waals surface area contributed by atoms with Crippen LogP contribution in [0, 0.1) is 0 Å². The highest BCUT2D eigenvalue weighted by Gasteiger charge is 2.21. The van der Waals surface area contributed by atoms with Gasteiger partial charge in [-0.25, -0.2) is 4.98 Å². The van der Waals surface area contributed by atoms with Gasteiger partial charge in [-0.3, -0.25) is 14.7 Å². The van der Waals surface area contributed by atoms with Crippen molar-refractivity contribution in [1.29, 1.82) is 0 Å². The molecular weight excluding hydrogens is 440 g/mol. The highest BCUT2D eigenvalue weighted by molar-refractivity contribution is 7.99. The lowest BCUT2D eigenvalue weighted by molar-refractivity contribution is -0.116. The second-order valence-corrected chi connectivity index (χ2v) is 8.53. The first-order valence-corrected chi connectivity index (χ1v) is 12.0. The Labute approximate surface area is 194 Å². The number of benzene rings is 1. The smallest absolute Gasteiger partial charge is 0.239 e. The van der Waals surface area contributed by atoms with Gasteiger partial charge in [-0.15, -0.1) is 28.1 Å². The van der Waals surface area contributed by atoms with E-state index in [-0.39, 0.29) is 11.7 Å². The van der Waals surface area contributed by atoms with E-state index in [1.807, 2.05) is 59.3 Å². The molecule has 7 nitrogen and oxygen atoms in total. The van der Waals surface area contributed by atoms with Gasteiger partial charge in [0.15, 0.2) is 16.1 Å². The number of hydrogen-bond acceptors (Lipinski definition) is 7. The Bertz CT molecular complexity index is 1190. The summed E-state index contributed by atoms with van der Waals surface area (Å²) in [5.74, 6) is 0.933. The number of hydrogen-bond donors (Lipinski definition) is 0. The molecule has 0 saturated heterocycles. The number of carbonyl (C=O) groups excluding carboxylic acids is 1. The number of nitrogens with zero attached hydrogens (tertiary/aromatic N) is 6. The lowest BCUT2D eigenvalue weighted by Gasteiger charge is -2.17. The summed E-state index contributed by atoms with van der Waals surface area (Å²) >= 11 is 2.82. The minimum absolute atomic E-state index is 0.0556. The molecule has 0 radical (unpaired) electrons. The van der Waals surface area contributed by atoms with Crippen LogP contribution in [0.15, 0.2) is 78.0 Å². The molecule has 0 N–H and O–H groups in total. The van der Waals surface area contributed by atoms with E-state index in [1.54, 1.807) is 23.4 Å². The molecule has 3 heterocycles. The molecule has 32 heavy (non-hydrogen) atoms. The predicted octanol–water partition coefficient (Wildman–Crippen LogP) is 4.79. The number of thiazole rings is 1. The number of rotatable bonds is 9. The van der Waals surface area contributed by atoms with Crippen LogP contribution in [0.5, 0.6) is 0 Å². The van der Waals surface area contributed by atoms with Gasteiger partial charge in [-0.05, 0) is 19.1 Å². The van der Waals surface area contributed by atoms with Crippen LogP contribution in [-0.2, 0) is 11.3 Å². The summed E-state index contributed by atoms with van der Waals surface area (Å²) in [5.41, 5.74) is 2.82. The third-order valence-corrected chi connectivity index (χ3v) is 6.52. The van der Waals surface area contributed by atoms with Gasteiger partial charge in [0, 0.05) is 42.0 Å². The van der Waals surface area contributed by atoms with Crippen molar-refractivity contribution in [2.75, 3.05) is 17.2 Å². The van der Waals surface area contributed by atoms with Crippen molar-refractivity contribution in [3.8, 4) is 22.6 Å². The standard InChI is InChI=1S/C23H22N6OS2/c1-3-14-29(22-25-19(15-31-22)17-8-6-5-7-9-17)20(30)16-32-23-27-26-21(28(23)4-2)18-10-12-24-13-11-18/h3,5-13,15H,1,4,14,16H2,2H3. The van der Waals surface area contributed by atoms with Gasteiger partial charge in [-0.1, -0.05) is 48.2 Å². The van der Waals surface area contributed by atoms with Crippen molar-refractivity contribution in [1.82, 2.24) is 24.7 Å². The molecule has 0 spiro atoms. The molecule has 0 saturated carbocycles. The molecule has 0 aliphatic heterocycles. The number of carbonyl (C=O) groups is 1. The summed E-state index contributed by atoms with van der Waals surface area (Å²) in [6, 6.07) is 13.7. The minimum atomic E-state index is -0.0556. The van der Waals surface area contributed by atoms with Crippen molar-refractivity contribution in [2.24, 2.45) is 0 Å². The lowest BCUT2D eigenvalue weighted by Crippen LogP contribution is -2.32. The predicted molar refractivity (Wildman–Crippen MR) is 130 cm³/mol. The Morgan fingerprint density at radius 2 is 1.94 bits per heavy atom. The molecule has 1 amide bonds. The molecule has 3 aromatic heterocycles. The van der Waals surface area contributed by atoms with Crippen molar-refractivity contribution in [2.45, 2.75) is 18.6 Å². The first kappa shape index (κ1) is 21.9. The Balaban J connectivity index is 1.49. The average Bonchev–Trinajstić information content (AvgIpc) is 3.49. The van der Waals surface area contributed by atoms with Crippen LogP contribution in [0.25, 0.3) is 22.6 Å². The van der Waals surface area contributed by atoms with Gasteiger partial charge in [-0.2, -0.15) is 0 Å². The van der Waals surface area contributed by atoms with Gasteiger partial charge in [0.2, 0.25) is 5.91 Å². The molecule has 4 rings (SSSR count). The first-order chi connectivity index (χ1) is 15.7. The zero-order valence-corrected chi connectivity index (χ0v) is 19.2. The van der Waals surface area contributed by atoms with E-state index in [9.17, 15) is 4.79 Å². The van der Waals surface area contributed by atoms with Gasteiger partial charge in [0.05, 0.1) is 11.4 Å². The van der Waals surface area contributed by atoms with Crippen molar-refractivity contribution >= 4 is 34.1 Å². The summed E-state index contributed by atoms with van der Waals surface area (Å²) in [6.45, 7) is 6.92. The molecule has 0 aliphatic carbocycles. The fourth-order valence-corrected chi connectivity index (χ4v) is 4.88. The highest BCUT2D eigenvalue weighted by atomic mass is 32.2. The maximum absolute atomic E-state index is 13.1. The average molecular weight is 463 g/mol. The Hall–Kier alpha value is -3.30. The van der Waals surface area contributed by atoms with Crippen LogP contribution in [0.3, 0.4) is 0 Å². The van der Waals surface area contributed by atoms with Crippen molar-refractivity contribution in [3.05, 3.63) is 72.9 Å². The van der Waals surface area contributed by atoms with E-state index in [1.165, 1.54) is 23.1 Å². The highest BCUT2D eigenvalue weighted by Crippen LogP contribution is 2.29. The molecule has 0 fully saturated rings. The lowest BCUT2D eigenvalue weighted by atomic mass is 10.2. The summed E-state index contributed by atoms with van der Waals surface area (Å²) < 4.78 is 2.00. The molecular formula is C23H22N6OS2. The fourth-order valence-electron chi connectivity index (χ4n) is 3.14. The van der Waals surface area contributed by atoms with E-state index in [0.717, 1.165) is 22.6 Å². The number of anilines is 1. The van der Waals surface area contributed by atoms with E-state index in [0.29, 0.717) is 23.4 Å². The van der Waals surface area contributed by atoms with Gasteiger partial charge < -0.3 is 4.57 Å². The van der Waals surface area contributed by atoms with Crippen LogP contribution in [0.2, 0.25) is 0 Å². The van der Waals surface area contributed by atoms with Gasteiger partial charge >= 0.3 is 0 Å². The summed E-state index contributed by atoms with van der Waals surface area (Å²) in [4.78, 5) is 23.5. The van der Waals surface area contributed by atoms with Gasteiger partial charge in [0.25, 0.3) is 0 Å². The molecule has 0 unspecified atom stereocenters. The minimum Gasteiger partial charge on any atom is -0.302 e. The third kappa shape index (κ3) is 4.79. The number of thioether (sulfide) groups is 1. The van der Waals surface area contributed by atoms with Crippen molar-refractivity contribution in [3.63, 3.8) is 0 Å². The van der Waals surface area contributed by atoms with E-state index in [4.69, 9.17) is 0 Å². The van der Waals surface area contributed by atoms with Crippen molar-refractivity contribution < 1.29 is 4.79 Å². The molecule has 0 atom stereocenters. The Morgan fingerprint density at radius 3 is 2.66 bits per heavy atom. The number of pyridine rings is 1. The van der Waals surface area contributed by atoms with Gasteiger partial charge in [0.1, 0.15) is 0 Å². The first-order valence-electron chi connectivity index (χ1n) is 10.1. The maximum atomic E-state index is 13.1. The third-order valence-electron chi connectivity index (χ3n) is 4.70. The summed E-state index contributed by atoms with van der Waals surface area (Å²) in [6.07, 6.45) is 5.17. The summed E-state index contributed by atoms with van der Waals surface area (Å²) in [5, 5.41) is 12.0. The van der Waals surface area contributed by atoms with Crippen LogP contribution < -0.4 is 4.90 Å². The zero-order valence-electron chi connectivity index (χ0n) is 17.6. The van der Waals surface area contributed by atoms with E-state index in [2.05, 4.69) is 26.7 Å². The molecule has 162 valence electrons. The number of aromatic nitrogens is 5. The molecule has 0 aliphatic rings. The van der Waals surface area contributed by atoms with Crippen LogP contribution in [0.1, 0.15) is 6.92 Å². The monoisotopic (exact) mass is 462 g/mol. The number of amides is 1. The van der Waals surface area contributed by atoms with Crippen LogP contribution in [0.4, 0.5) is 5.13 Å². The molecule has 4 aromatic rings. The summed E-state index contributed by atoms with van der Waals surface area (Å²) in [7, 11) is 0. The quantitative estimate of drug-likeness (QED) is 0.263. The van der Waals surface area contributed by atoms with Crippen LogP contribution >= 0.6 is 23.1 Å². The fraction of sp³-hybridized carbons (Fsp3) is 0.174. The molecule has 0 bridgehead atoms. The topological polar surface area (TPSA) is 76.8 Å². The van der Waals surface area contributed by atoms with Crippen LogP contribution in [-0.4, -0.2) is 42.9 Å². The largest absolute Gasteiger partial charge is 0.302 e. The maximum Gasteiger partial charge on any atom is 0.239 e. The van der Waals surface area contributed by atoms with E-state index >= 15 is 0 Å². The normalized spacial score (nSPS) is 10.8. The SMILES string of the molecule is C=CCN(C(=O)CSc1nnc(-c2ccncc2)n1CC)c1nc(-c2ccccc2)cs1. The van der Waals surface area contributed by atoms with E-state index < -0.39 is 0 Å².